The van der Waals surface area contributed by atoms with E-state index in [9.17, 15) is 0 Å². The molecule has 1 spiro atoms. The second-order valence-electron chi connectivity index (χ2n) is 7.64. The van der Waals surface area contributed by atoms with E-state index >= 15 is 0 Å². The Kier molecular flexibility index (Phi) is 4.91. The number of anilines is 1. The van der Waals surface area contributed by atoms with Gasteiger partial charge in [-0.15, -0.1) is 0 Å². The summed E-state index contributed by atoms with van der Waals surface area (Å²) in [4.78, 5) is 13.7. The highest BCUT2D eigenvalue weighted by molar-refractivity contribution is 5.30. The van der Waals surface area contributed by atoms with Crippen molar-refractivity contribution in [3.8, 4) is 0 Å². The number of hydrogen-bond donors (Lipinski definition) is 0. The van der Waals surface area contributed by atoms with Gasteiger partial charge in [0.1, 0.15) is 5.76 Å². The molecule has 2 fully saturated rings. The first-order valence-electron chi connectivity index (χ1n) is 9.39. The molecular formula is C19H27N5O2. The van der Waals surface area contributed by atoms with Crippen molar-refractivity contribution >= 4 is 5.95 Å². The average Bonchev–Trinajstić information content (AvgIpc) is 2.85. The molecule has 26 heavy (non-hydrogen) atoms. The van der Waals surface area contributed by atoms with Gasteiger partial charge < -0.3 is 14.2 Å². The third kappa shape index (κ3) is 3.59. The highest BCUT2D eigenvalue weighted by Crippen LogP contribution is 2.34. The first-order chi connectivity index (χ1) is 12.7. The molecule has 7 nitrogen and oxygen atoms in total. The summed E-state index contributed by atoms with van der Waals surface area (Å²) in [7, 11) is 0. The lowest BCUT2D eigenvalue weighted by Gasteiger charge is -2.43. The monoisotopic (exact) mass is 357 g/mol. The van der Waals surface area contributed by atoms with Crippen LogP contribution in [0.3, 0.4) is 0 Å². The number of nitrogens with zero attached hydrogens (tertiary/aromatic N) is 5. The maximum atomic E-state index is 6.02. The quantitative estimate of drug-likeness (QED) is 0.834. The third-order valence-corrected chi connectivity index (χ3v) is 5.58. The smallest absolute Gasteiger partial charge is 0.225 e. The Labute approximate surface area is 154 Å². The minimum atomic E-state index is 0.118. The Morgan fingerprint density at radius 1 is 1.15 bits per heavy atom. The molecule has 1 atom stereocenters. The number of rotatable bonds is 3. The van der Waals surface area contributed by atoms with Crippen molar-refractivity contribution < 1.29 is 9.26 Å². The van der Waals surface area contributed by atoms with E-state index in [1.165, 1.54) is 18.4 Å². The van der Waals surface area contributed by atoms with Gasteiger partial charge >= 0.3 is 0 Å². The molecule has 0 aromatic carbocycles. The van der Waals surface area contributed by atoms with E-state index in [2.05, 4.69) is 24.9 Å². The number of ether oxygens (including phenoxy) is 1. The van der Waals surface area contributed by atoms with Crippen LogP contribution in [0.2, 0.25) is 0 Å². The maximum absolute atomic E-state index is 6.02. The van der Waals surface area contributed by atoms with Gasteiger partial charge in [0, 0.05) is 49.6 Å². The minimum absolute atomic E-state index is 0.118. The summed E-state index contributed by atoms with van der Waals surface area (Å²) in [6.45, 7) is 10.3. The zero-order valence-corrected chi connectivity index (χ0v) is 15.6. The molecule has 0 aliphatic carbocycles. The summed E-state index contributed by atoms with van der Waals surface area (Å²) >= 11 is 0. The van der Waals surface area contributed by atoms with Crippen LogP contribution in [0.4, 0.5) is 5.95 Å². The standard InChI is InChI=1S/C19H27N5O2/c1-15-17(16(2)26-22-15)11-23-8-3-5-19(12-23)13-24(9-10-25-14-19)18-20-6-4-7-21-18/h4,6-7H,3,5,8-14H2,1-2H3/t19-/m0/s1. The molecule has 2 saturated heterocycles. The summed E-state index contributed by atoms with van der Waals surface area (Å²) in [5.74, 6) is 1.73. The summed E-state index contributed by atoms with van der Waals surface area (Å²) < 4.78 is 11.4. The Morgan fingerprint density at radius 3 is 2.77 bits per heavy atom. The van der Waals surface area contributed by atoms with Gasteiger partial charge in [0.15, 0.2) is 0 Å². The van der Waals surface area contributed by atoms with Gasteiger partial charge in [-0.3, -0.25) is 4.90 Å². The van der Waals surface area contributed by atoms with Crippen LogP contribution in [0.1, 0.15) is 29.9 Å². The van der Waals surface area contributed by atoms with E-state index in [1.807, 2.05) is 32.3 Å². The van der Waals surface area contributed by atoms with Gasteiger partial charge in [0.05, 0.1) is 18.9 Å². The summed E-state index contributed by atoms with van der Waals surface area (Å²) in [5, 5.41) is 4.10. The molecule has 2 aliphatic rings. The Morgan fingerprint density at radius 2 is 2.00 bits per heavy atom. The second kappa shape index (κ2) is 7.32. The minimum Gasteiger partial charge on any atom is -0.379 e. The highest BCUT2D eigenvalue weighted by Gasteiger charge is 2.39. The molecule has 0 unspecified atom stereocenters. The van der Waals surface area contributed by atoms with Gasteiger partial charge in [-0.05, 0) is 39.3 Å². The first-order valence-corrected chi connectivity index (χ1v) is 9.39. The van der Waals surface area contributed by atoms with Crippen LogP contribution in [0, 0.1) is 19.3 Å². The van der Waals surface area contributed by atoms with Crippen molar-refractivity contribution in [1.29, 1.82) is 0 Å². The van der Waals surface area contributed by atoms with Crippen molar-refractivity contribution in [3.05, 3.63) is 35.5 Å². The normalized spacial score (nSPS) is 24.8. The predicted molar refractivity (Wildman–Crippen MR) is 98.0 cm³/mol. The van der Waals surface area contributed by atoms with Crippen LogP contribution in [-0.2, 0) is 11.3 Å². The van der Waals surface area contributed by atoms with Gasteiger partial charge in [-0.2, -0.15) is 0 Å². The molecule has 0 radical (unpaired) electrons. The van der Waals surface area contributed by atoms with E-state index in [1.54, 1.807) is 0 Å². The van der Waals surface area contributed by atoms with E-state index in [-0.39, 0.29) is 5.41 Å². The zero-order valence-electron chi connectivity index (χ0n) is 15.6. The SMILES string of the molecule is Cc1noc(C)c1CN1CCC[C@]2(COCCN(c3ncccn3)C2)C1. The first kappa shape index (κ1) is 17.4. The van der Waals surface area contributed by atoms with Crippen molar-refractivity contribution in [1.82, 2.24) is 20.0 Å². The molecule has 7 heteroatoms. The van der Waals surface area contributed by atoms with E-state index in [0.29, 0.717) is 0 Å². The Hall–Kier alpha value is -1.99. The van der Waals surface area contributed by atoms with Crippen molar-refractivity contribution in [2.75, 3.05) is 44.3 Å². The summed E-state index contributed by atoms with van der Waals surface area (Å²) in [6.07, 6.45) is 5.97. The summed E-state index contributed by atoms with van der Waals surface area (Å²) in [6, 6.07) is 1.86. The lowest BCUT2D eigenvalue weighted by Crippen LogP contribution is -2.50. The summed E-state index contributed by atoms with van der Waals surface area (Å²) in [5.41, 5.74) is 2.34. The van der Waals surface area contributed by atoms with Crippen LogP contribution in [0.5, 0.6) is 0 Å². The molecule has 4 heterocycles. The van der Waals surface area contributed by atoms with Crippen LogP contribution >= 0.6 is 0 Å². The highest BCUT2D eigenvalue weighted by atomic mass is 16.5. The van der Waals surface area contributed by atoms with Crippen LogP contribution < -0.4 is 4.90 Å². The second-order valence-corrected chi connectivity index (χ2v) is 7.64. The number of hydrogen-bond acceptors (Lipinski definition) is 7. The van der Waals surface area contributed by atoms with Crippen molar-refractivity contribution in [2.45, 2.75) is 33.2 Å². The van der Waals surface area contributed by atoms with Crippen LogP contribution in [0.25, 0.3) is 0 Å². The van der Waals surface area contributed by atoms with Crippen molar-refractivity contribution in [2.24, 2.45) is 5.41 Å². The van der Waals surface area contributed by atoms with Gasteiger partial charge in [0.2, 0.25) is 5.95 Å². The zero-order chi connectivity index (χ0) is 18.0. The maximum Gasteiger partial charge on any atom is 0.225 e. The largest absolute Gasteiger partial charge is 0.379 e. The topological polar surface area (TPSA) is 67.5 Å². The molecule has 0 N–H and O–H groups in total. The molecule has 0 bridgehead atoms. The molecule has 4 rings (SSSR count). The Bertz CT molecular complexity index is 715. The van der Waals surface area contributed by atoms with Gasteiger partial charge in [-0.1, -0.05) is 5.16 Å². The van der Waals surface area contributed by atoms with E-state index in [4.69, 9.17) is 9.26 Å². The molecule has 2 aliphatic heterocycles. The third-order valence-electron chi connectivity index (χ3n) is 5.58. The van der Waals surface area contributed by atoms with Crippen molar-refractivity contribution in [3.63, 3.8) is 0 Å². The molecule has 0 saturated carbocycles. The fourth-order valence-corrected chi connectivity index (χ4v) is 4.26. The van der Waals surface area contributed by atoms with E-state index < -0.39 is 0 Å². The number of piperidine rings is 1. The molecule has 140 valence electrons. The van der Waals surface area contributed by atoms with Gasteiger partial charge in [0.25, 0.3) is 0 Å². The van der Waals surface area contributed by atoms with Crippen LogP contribution in [0.15, 0.2) is 23.0 Å². The van der Waals surface area contributed by atoms with Crippen LogP contribution in [-0.4, -0.2) is 59.4 Å². The Balaban J connectivity index is 1.51. The van der Waals surface area contributed by atoms with E-state index in [0.717, 1.165) is 63.3 Å². The molecule has 2 aromatic heterocycles. The lowest BCUT2D eigenvalue weighted by molar-refractivity contribution is 0.0105. The molecule has 0 amide bonds. The van der Waals surface area contributed by atoms with Gasteiger partial charge in [-0.25, -0.2) is 9.97 Å². The number of aryl methyl sites for hydroxylation is 2. The molecule has 2 aromatic rings. The molecular weight excluding hydrogens is 330 g/mol. The predicted octanol–water partition coefficient (Wildman–Crippen LogP) is 2.20. The average molecular weight is 357 g/mol. The number of aromatic nitrogens is 3. The fraction of sp³-hybridized carbons (Fsp3) is 0.632. The lowest BCUT2D eigenvalue weighted by atomic mass is 9.80. The fourth-order valence-electron chi connectivity index (χ4n) is 4.26. The number of likely N-dealkylation sites (tertiary alicyclic amines) is 1.